The van der Waals surface area contributed by atoms with E-state index in [2.05, 4.69) is 22.8 Å². The van der Waals surface area contributed by atoms with Crippen molar-refractivity contribution in [1.29, 1.82) is 0 Å². The number of anilines is 2. The quantitative estimate of drug-likeness (QED) is 0.404. The summed E-state index contributed by atoms with van der Waals surface area (Å²) in [6.07, 6.45) is 1.11. The summed E-state index contributed by atoms with van der Waals surface area (Å²) in [6.45, 7) is 2.01. The van der Waals surface area contributed by atoms with Gasteiger partial charge < -0.3 is 10.6 Å². The molecule has 0 saturated carbocycles. The zero-order valence-electron chi connectivity index (χ0n) is 17.7. The first-order valence-electron chi connectivity index (χ1n) is 10.7. The summed E-state index contributed by atoms with van der Waals surface area (Å²) in [5.74, 6) is 0.147. The number of fused-ring (bicyclic) bond motifs is 1. The molecule has 0 saturated heterocycles. The Morgan fingerprint density at radius 1 is 0.906 bits per heavy atom. The van der Waals surface area contributed by atoms with Crippen molar-refractivity contribution in [2.75, 3.05) is 10.6 Å². The Labute approximate surface area is 186 Å². The van der Waals surface area contributed by atoms with Crippen LogP contribution in [-0.4, -0.2) is 10.7 Å². The maximum absolute atomic E-state index is 13.5. The number of nitro groups is 1. The number of hydrogen-bond acceptors (Lipinski definition) is 5. The molecule has 0 spiro atoms. The second-order valence-corrected chi connectivity index (χ2v) is 8.43. The second-order valence-electron chi connectivity index (χ2n) is 8.43. The number of nitrogens with one attached hydrogen (secondary N) is 2. The Morgan fingerprint density at radius 2 is 1.69 bits per heavy atom. The van der Waals surface area contributed by atoms with Crippen LogP contribution in [0, 0.1) is 17.0 Å². The molecule has 1 heterocycles. The molecule has 2 N–H and O–H groups in total. The van der Waals surface area contributed by atoms with Gasteiger partial charge in [0.15, 0.2) is 5.78 Å². The SMILES string of the molecule is Cc1ccc2c(c1)N[C@H](c1cccc([N+](=O)[O-])c1)C1=C(C[C@H](c3ccccc3)CC1=O)N2. The number of nitro benzene ring substituents is 1. The number of hydrogen-bond donors (Lipinski definition) is 2. The van der Waals surface area contributed by atoms with Crippen molar-refractivity contribution in [2.45, 2.75) is 31.7 Å². The molecule has 2 aliphatic rings. The van der Waals surface area contributed by atoms with Gasteiger partial charge in [0.25, 0.3) is 5.69 Å². The number of ketones is 1. The molecule has 0 aromatic heterocycles. The number of non-ortho nitro benzene ring substituents is 1. The molecule has 0 unspecified atom stereocenters. The van der Waals surface area contributed by atoms with E-state index in [1.165, 1.54) is 6.07 Å². The minimum atomic E-state index is -0.468. The maximum atomic E-state index is 13.5. The molecule has 0 fully saturated rings. The van der Waals surface area contributed by atoms with Gasteiger partial charge >= 0.3 is 0 Å². The smallest absolute Gasteiger partial charge is 0.269 e. The van der Waals surface area contributed by atoms with Crippen LogP contribution in [0.4, 0.5) is 17.1 Å². The van der Waals surface area contributed by atoms with Gasteiger partial charge in [-0.2, -0.15) is 0 Å². The third kappa shape index (κ3) is 3.64. The summed E-state index contributed by atoms with van der Waals surface area (Å²) in [5, 5.41) is 18.4. The number of benzene rings is 3. The van der Waals surface area contributed by atoms with E-state index in [9.17, 15) is 14.9 Å². The van der Waals surface area contributed by atoms with Gasteiger partial charge in [0.1, 0.15) is 0 Å². The normalized spacial score (nSPS) is 19.8. The number of aryl methyl sites for hydroxylation is 1. The Hall–Kier alpha value is -3.93. The van der Waals surface area contributed by atoms with Crippen molar-refractivity contribution in [1.82, 2.24) is 0 Å². The molecule has 6 nitrogen and oxygen atoms in total. The van der Waals surface area contributed by atoms with Gasteiger partial charge in [-0.05, 0) is 48.1 Å². The lowest BCUT2D eigenvalue weighted by molar-refractivity contribution is -0.384. The molecule has 1 aliphatic heterocycles. The fourth-order valence-electron chi connectivity index (χ4n) is 4.69. The van der Waals surface area contributed by atoms with E-state index in [1.54, 1.807) is 12.1 Å². The minimum Gasteiger partial charge on any atom is -0.372 e. The molecule has 0 radical (unpaired) electrons. The predicted octanol–water partition coefficient (Wildman–Crippen LogP) is 5.88. The largest absolute Gasteiger partial charge is 0.372 e. The summed E-state index contributed by atoms with van der Waals surface area (Å²) in [6, 6.07) is 22.2. The van der Waals surface area contributed by atoms with Gasteiger partial charge in [0.05, 0.1) is 22.3 Å². The summed E-state index contributed by atoms with van der Waals surface area (Å²) < 4.78 is 0. The summed E-state index contributed by atoms with van der Waals surface area (Å²) >= 11 is 0. The van der Waals surface area contributed by atoms with Crippen LogP contribution < -0.4 is 10.6 Å². The lowest BCUT2D eigenvalue weighted by Gasteiger charge is -2.29. The summed E-state index contributed by atoms with van der Waals surface area (Å²) in [4.78, 5) is 24.5. The van der Waals surface area contributed by atoms with Crippen LogP contribution in [0.25, 0.3) is 0 Å². The van der Waals surface area contributed by atoms with E-state index >= 15 is 0 Å². The molecule has 5 rings (SSSR count). The van der Waals surface area contributed by atoms with Crippen LogP contribution in [0.1, 0.15) is 41.5 Å². The number of nitrogens with zero attached hydrogens (tertiary/aromatic N) is 1. The van der Waals surface area contributed by atoms with Crippen molar-refractivity contribution in [3.63, 3.8) is 0 Å². The highest BCUT2D eigenvalue weighted by atomic mass is 16.6. The van der Waals surface area contributed by atoms with Crippen molar-refractivity contribution < 1.29 is 9.72 Å². The van der Waals surface area contributed by atoms with Crippen molar-refractivity contribution in [3.05, 3.63) is 111 Å². The van der Waals surface area contributed by atoms with Crippen molar-refractivity contribution in [3.8, 4) is 0 Å². The van der Waals surface area contributed by atoms with Crippen LogP contribution in [-0.2, 0) is 4.79 Å². The molecule has 0 bridgehead atoms. The topological polar surface area (TPSA) is 84.3 Å². The fourth-order valence-corrected chi connectivity index (χ4v) is 4.69. The van der Waals surface area contributed by atoms with Crippen LogP contribution in [0.15, 0.2) is 84.1 Å². The third-order valence-corrected chi connectivity index (χ3v) is 6.24. The highest BCUT2D eigenvalue weighted by molar-refractivity contribution is 6.01. The van der Waals surface area contributed by atoms with Crippen LogP contribution >= 0.6 is 0 Å². The fraction of sp³-hybridized carbons (Fsp3) is 0.192. The molecule has 3 aromatic rings. The highest BCUT2D eigenvalue weighted by Gasteiger charge is 2.36. The molecule has 2 atom stereocenters. The Kier molecular flexibility index (Phi) is 4.98. The first-order valence-corrected chi connectivity index (χ1v) is 10.7. The highest BCUT2D eigenvalue weighted by Crippen LogP contribution is 2.44. The van der Waals surface area contributed by atoms with Crippen molar-refractivity contribution in [2.24, 2.45) is 0 Å². The second kappa shape index (κ2) is 7.96. The van der Waals surface area contributed by atoms with Crippen LogP contribution in [0.3, 0.4) is 0 Å². The lowest BCUT2D eigenvalue weighted by atomic mass is 9.78. The Balaban J connectivity index is 1.64. The molecule has 160 valence electrons. The number of rotatable bonds is 3. The van der Waals surface area contributed by atoms with Gasteiger partial charge in [0, 0.05) is 29.8 Å². The van der Waals surface area contributed by atoms with Crippen LogP contribution in [0.5, 0.6) is 0 Å². The summed E-state index contributed by atoms with van der Waals surface area (Å²) in [5.41, 5.74) is 6.25. The average molecular weight is 425 g/mol. The molecular formula is C26H23N3O3. The van der Waals surface area contributed by atoms with Gasteiger partial charge in [-0.25, -0.2) is 0 Å². The molecule has 3 aromatic carbocycles. The number of allylic oxidation sites excluding steroid dienone is 1. The number of carbonyl (C=O) groups is 1. The minimum absolute atomic E-state index is 0.0125. The zero-order chi connectivity index (χ0) is 22.2. The lowest BCUT2D eigenvalue weighted by Crippen LogP contribution is -2.26. The van der Waals surface area contributed by atoms with E-state index in [0.29, 0.717) is 24.0 Å². The van der Waals surface area contributed by atoms with Gasteiger partial charge in [-0.3, -0.25) is 14.9 Å². The molecule has 6 heteroatoms. The Bertz CT molecular complexity index is 1250. The number of Topliss-reactive ketones (excluding diaryl/α,β-unsaturated/α-hetero) is 1. The van der Waals surface area contributed by atoms with E-state index in [-0.39, 0.29) is 17.4 Å². The average Bonchev–Trinajstić information content (AvgIpc) is 2.96. The molecule has 0 amide bonds. The van der Waals surface area contributed by atoms with Gasteiger partial charge in [0.2, 0.25) is 0 Å². The molecule has 1 aliphatic carbocycles. The number of carbonyl (C=O) groups excluding carboxylic acids is 1. The predicted molar refractivity (Wildman–Crippen MR) is 125 cm³/mol. The zero-order valence-corrected chi connectivity index (χ0v) is 17.7. The van der Waals surface area contributed by atoms with E-state index < -0.39 is 11.0 Å². The Morgan fingerprint density at radius 3 is 2.47 bits per heavy atom. The van der Waals surface area contributed by atoms with E-state index in [4.69, 9.17) is 0 Å². The molecular weight excluding hydrogens is 402 g/mol. The summed E-state index contributed by atoms with van der Waals surface area (Å²) in [7, 11) is 0. The molecule has 32 heavy (non-hydrogen) atoms. The first-order chi connectivity index (χ1) is 15.5. The van der Waals surface area contributed by atoms with Gasteiger partial charge in [-0.1, -0.05) is 48.5 Å². The van der Waals surface area contributed by atoms with Crippen LogP contribution in [0.2, 0.25) is 0 Å². The standard InChI is InChI=1S/C26H23N3O3/c1-16-10-11-21-22(12-16)28-26(18-8-5-9-20(13-18)29(31)32)25-23(27-21)14-19(15-24(25)30)17-6-3-2-4-7-17/h2-13,19,26-28H,14-15H2,1H3/t19-,26+/m0/s1. The maximum Gasteiger partial charge on any atom is 0.269 e. The van der Waals surface area contributed by atoms with E-state index in [1.807, 2.05) is 49.4 Å². The monoisotopic (exact) mass is 425 g/mol. The third-order valence-electron chi connectivity index (χ3n) is 6.24. The first kappa shape index (κ1) is 20.0. The van der Waals surface area contributed by atoms with E-state index in [0.717, 1.165) is 28.2 Å². The van der Waals surface area contributed by atoms with Crippen molar-refractivity contribution >= 4 is 22.8 Å². The van der Waals surface area contributed by atoms with Gasteiger partial charge in [-0.15, -0.1) is 0 Å².